The van der Waals surface area contributed by atoms with Crippen molar-refractivity contribution in [3.63, 3.8) is 0 Å². The molecule has 2 amide bonds. The molecule has 0 N–H and O–H groups in total. The van der Waals surface area contributed by atoms with Gasteiger partial charge in [-0.15, -0.1) is 0 Å². The molecule has 0 bridgehead atoms. The summed E-state index contributed by atoms with van der Waals surface area (Å²) < 4.78 is 5.25. The Hall–Kier alpha value is -3.80. The Balaban J connectivity index is 1.32. The second-order valence-electron chi connectivity index (χ2n) is 8.40. The van der Waals surface area contributed by atoms with Gasteiger partial charge in [-0.3, -0.25) is 14.5 Å². The van der Waals surface area contributed by atoms with Crippen molar-refractivity contribution in [2.75, 3.05) is 43.1 Å². The number of piperazine rings is 1. The van der Waals surface area contributed by atoms with Crippen LogP contribution in [0.25, 0.3) is 0 Å². The van der Waals surface area contributed by atoms with Crippen molar-refractivity contribution in [1.82, 2.24) is 4.90 Å². The number of para-hydroxylation sites is 1. The van der Waals surface area contributed by atoms with E-state index in [4.69, 9.17) is 4.74 Å². The van der Waals surface area contributed by atoms with Gasteiger partial charge in [0.05, 0.1) is 7.11 Å². The molecule has 5 rings (SSSR count). The molecule has 168 valence electrons. The molecule has 3 aromatic rings. The van der Waals surface area contributed by atoms with Gasteiger partial charge in [-0.25, -0.2) is 0 Å². The Morgan fingerprint density at radius 3 is 2.18 bits per heavy atom. The molecule has 1 atom stereocenters. The van der Waals surface area contributed by atoms with Crippen LogP contribution in [-0.2, 0) is 11.2 Å². The van der Waals surface area contributed by atoms with E-state index in [0.29, 0.717) is 25.1 Å². The fourth-order valence-electron chi connectivity index (χ4n) is 4.74. The molecule has 0 aromatic heterocycles. The fraction of sp³-hybridized carbons (Fsp3) is 0.259. The van der Waals surface area contributed by atoms with Crippen LogP contribution in [0, 0.1) is 0 Å². The number of carbonyl (C=O) groups excluding carboxylic acids is 2. The first-order valence-electron chi connectivity index (χ1n) is 11.3. The number of benzene rings is 3. The van der Waals surface area contributed by atoms with Crippen molar-refractivity contribution in [1.29, 1.82) is 0 Å². The Morgan fingerprint density at radius 2 is 1.48 bits per heavy atom. The van der Waals surface area contributed by atoms with Gasteiger partial charge in [-0.2, -0.15) is 0 Å². The van der Waals surface area contributed by atoms with Crippen LogP contribution < -0.4 is 14.5 Å². The third-order valence-electron chi connectivity index (χ3n) is 6.53. The number of hydrogen-bond donors (Lipinski definition) is 0. The molecule has 1 saturated heterocycles. The van der Waals surface area contributed by atoms with Gasteiger partial charge in [0, 0.05) is 49.5 Å². The SMILES string of the molecule is COc1ccc(N2CCN(C(=O)[C@@H]3Cc4ccccc4N3C(=O)c3ccccc3)CC2)cc1. The van der Waals surface area contributed by atoms with Crippen molar-refractivity contribution >= 4 is 23.2 Å². The van der Waals surface area contributed by atoms with E-state index in [1.54, 1.807) is 24.1 Å². The van der Waals surface area contributed by atoms with E-state index in [1.165, 1.54) is 0 Å². The van der Waals surface area contributed by atoms with E-state index in [0.717, 1.165) is 35.8 Å². The summed E-state index contributed by atoms with van der Waals surface area (Å²) in [5.41, 5.74) is 3.59. The molecule has 2 aliphatic heterocycles. The molecule has 0 spiro atoms. The van der Waals surface area contributed by atoms with Gasteiger partial charge in [0.25, 0.3) is 5.91 Å². The highest BCUT2D eigenvalue weighted by molar-refractivity contribution is 6.11. The van der Waals surface area contributed by atoms with Crippen molar-refractivity contribution < 1.29 is 14.3 Å². The molecule has 2 heterocycles. The van der Waals surface area contributed by atoms with Crippen LogP contribution in [0.4, 0.5) is 11.4 Å². The number of carbonyl (C=O) groups is 2. The largest absolute Gasteiger partial charge is 0.497 e. The Bertz CT molecular complexity index is 1140. The summed E-state index contributed by atoms with van der Waals surface area (Å²) >= 11 is 0. The number of fused-ring (bicyclic) bond motifs is 1. The maximum absolute atomic E-state index is 13.6. The monoisotopic (exact) mass is 441 g/mol. The normalized spacial score (nSPS) is 17.6. The molecule has 1 fully saturated rings. The van der Waals surface area contributed by atoms with Crippen molar-refractivity contribution in [2.24, 2.45) is 0 Å². The lowest BCUT2D eigenvalue weighted by Gasteiger charge is -2.38. The predicted molar refractivity (Wildman–Crippen MR) is 129 cm³/mol. The standard InChI is InChI=1S/C27H27N3O3/c1-33-23-13-11-22(12-14-23)28-15-17-29(18-16-28)27(32)25-19-21-9-5-6-10-24(21)30(25)26(31)20-7-3-2-4-8-20/h2-14,25H,15-19H2,1H3/t25-/m0/s1. The number of hydrogen-bond acceptors (Lipinski definition) is 4. The number of ether oxygens (including phenoxy) is 1. The van der Waals surface area contributed by atoms with Crippen molar-refractivity contribution in [3.8, 4) is 5.75 Å². The average Bonchev–Trinajstić information content (AvgIpc) is 3.28. The van der Waals surface area contributed by atoms with Crippen LogP contribution in [0.15, 0.2) is 78.9 Å². The van der Waals surface area contributed by atoms with Gasteiger partial charge in [0.15, 0.2) is 0 Å². The summed E-state index contributed by atoms with van der Waals surface area (Å²) in [5, 5.41) is 0. The quantitative estimate of drug-likeness (QED) is 0.621. The third kappa shape index (κ3) is 4.04. The Kier molecular flexibility index (Phi) is 5.73. The zero-order chi connectivity index (χ0) is 22.8. The van der Waals surface area contributed by atoms with Crippen LogP contribution in [0.1, 0.15) is 15.9 Å². The van der Waals surface area contributed by atoms with Gasteiger partial charge in [0.1, 0.15) is 11.8 Å². The number of rotatable bonds is 4. The molecule has 6 nitrogen and oxygen atoms in total. The number of amides is 2. The minimum Gasteiger partial charge on any atom is -0.497 e. The first-order valence-corrected chi connectivity index (χ1v) is 11.3. The van der Waals surface area contributed by atoms with Crippen LogP contribution in [0.3, 0.4) is 0 Å². The maximum atomic E-state index is 13.6. The molecule has 33 heavy (non-hydrogen) atoms. The first-order chi connectivity index (χ1) is 16.2. The lowest BCUT2D eigenvalue weighted by molar-refractivity contribution is -0.132. The number of nitrogens with zero attached hydrogens (tertiary/aromatic N) is 3. The lowest BCUT2D eigenvalue weighted by atomic mass is 10.1. The topological polar surface area (TPSA) is 53.1 Å². The first kappa shape index (κ1) is 21.1. The van der Waals surface area contributed by atoms with E-state index in [1.807, 2.05) is 71.6 Å². The van der Waals surface area contributed by atoms with E-state index in [2.05, 4.69) is 4.90 Å². The molecular formula is C27H27N3O3. The molecule has 0 unspecified atom stereocenters. The van der Waals surface area contributed by atoms with Crippen molar-refractivity contribution in [2.45, 2.75) is 12.5 Å². The summed E-state index contributed by atoms with van der Waals surface area (Å²) in [4.78, 5) is 33.0. The minimum absolute atomic E-state index is 0.0184. The number of anilines is 2. The zero-order valence-corrected chi connectivity index (χ0v) is 18.7. The van der Waals surface area contributed by atoms with E-state index in [-0.39, 0.29) is 11.8 Å². The smallest absolute Gasteiger partial charge is 0.259 e. The van der Waals surface area contributed by atoms with Crippen LogP contribution in [0.2, 0.25) is 0 Å². The molecule has 3 aromatic carbocycles. The Morgan fingerprint density at radius 1 is 0.818 bits per heavy atom. The maximum Gasteiger partial charge on any atom is 0.259 e. The second-order valence-corrected chi connectivity index (χ2v) is 8.40. The van der Waals surface area contributed by atoms with Crippen molar-refractivity contribution in [3.05, 3.63) is 90.0 Å². The molecule has 0 saturated carbocycles. The van der Waals surface area contributed by atoms with Gasteiger partial charge < -0.3 is 14.5 Å². The predicted octanol–water partition coefficient (Wildman–Crippen LogP) is 3.62. The molecular weight excluding hydrogens is 414 g/mol. The third-order valence-corrected chi connectivity index (χ3v) is 6.53. The highest BCUT2D eigenvalue weighted by atomic mass is 16.5. The second kappa shape index (κ2) is 8.98. The van der Waals surface area contributed by atoms with E-state index in [9.17, 15) is 9.59 Å². The van der Waals surface area contributed by atoms with Gasteiger partial charge in [-0.1, -0.05) is 36.4 Å². The summed E-state index contributed by atoms with van der Waals surface area (Å²) in [7, 11) is 1.66. The highest BCUT2D eigenvalue weighted by Gasteiger charge is 2.41. The summed E-state index contributed by atoms with van der Waals surface area (Å²) in [6, 6.07) is 24.5. The summed E-state index contributed by atoms with van der Waals surface area (Å²) in [6.45, 7) is 2.77. The van der Waals surface area contributed by atoms with Crippen LogP contribution in [-0.4, -0.2) is 56.0 Å². The Labute approximate surface area is 194 Å². The van der Waals surface area contributed by atoms with Crippen LogP contribution in [0.5, 0.6) is 5.75 Å². The molecule has 0 aliphatic carbocycles. The fourth-order valence-corrected chi connectivity index (χ4v) is 4.74. The average molecular weight is 442 g/mol. The zero-order valence-electron chi connectivity index (χ0n) is 18.7. The van der Waals surface area contributed by atoms with Crippen LogP contribution >= 0.6 is 0 Å². The summed E-state index contributed by atoms with van der Waals surface area (Å²) in [5.74, 6) is 0.720. The molecule has 6 heteroatoms. The lowest BCUT2D eigenvalue weighted by Crippen LogP contribution is -2.55. The van der Waals surface area contributed by atoms with E-state index >= 15 is 0 Å². The van der Waals surface area contributed by atoms with Gasteiger partial charge >= 0.3 is 0 Å². The molecule has 2 aliphatic rings. The summed E-state index contributed by atoms with van der Waals surface area (Å²) in [6.07, 6.45) is 0.548. The highest BCUT2D eigenvalue weighted by Crippen LogP contribution is 2.34. The molecule has 0 radical (unpaired) electrons. The number of methoxy groups -OCH3 is 1. The van der Waals surface area contributed by atoms with Gasteiger partial charge in [-0.05, 0) is 48.0 Å². The van der Waals surface area contributed by atoms with E-state index < -0.39 is 6.04 Å². The van der Waals surface area contributed by atoms with Gasteiger partial charge in [0.2, 0.25) is 5.91 Å². The minimum atomic E-state index is -0.511.